The summed E-state index contributed by atoms with van der Waals surface area (Å²) in [6, 6.07) is 3.62. The summed E-state index contributed by atoms with van der Waals surface area (Å²) < 4.78 is 26.8. The Morgan fingerprint density at radius 2 is 2.00 bits per heavy atom. The van der Waals surface area contributed by atoms with Gasteiger partial charge < -0.3 is 10.6 Å². The number of carbonyl (C=O) groups excluding carboxylic acids is 1. The van der Waals surface area contributed by atoms with Gasteiger partial charge in [0.2, 0.25) is 5.91 Å². The molecular weight excluding hydrogens is 274 g/mol. The first-order valence-corrected chi connectivity index (χ1v) is 7.56. The van der Waals surface area contributed by atoms with Crippen molar-refractivity contribution in [3.63, 3.8) is 0 Å². The third-order valence-corrected chi connectivity index (χ3v) is 4.51. The van der Waals surface area contributed by atoms with Gasteiger partial charge in [-0.1, -0.05) is 12.5 Å². The van der Waals surface area contributed by atoms with Gasteiger partial charge in [-0.05, 0) is 31.7 Å². The molecule has 2 aliphatic rings. The standard InChI is InChI=1S/C16H20F2N2O/c17-11-5-4-10(14(18)8-11)9-20(12-6-7-12)16(21)13-2-1-3-15(13)19/h4-5,8,12-13,15H,1-3,6-7,9,19H2. The van der Waals surface area contributed by atoms with Gasteiger partial charge in [-0.3, -0.25) is 4.79 Å². The van der Waals surface area contributed by atoms with Crippen LogP contribution < -0.4 is 5.73 Å². The van der Waals surface area contributed by atoms with Crippen molar-refractivity contribution < 1.29 is 13.6 Å². The Hall–Kier alpha value is -1.49. The van der Waals surface area contributed by atoms with E-state index in [4.69, 9.17) is 5.73 Å². The lowest BCUT2D eigenvalue weighted by Gasteiger charge is -2.27. The molecule has 2 saturated carbocycles. The molecule has 1 aromatic rings. The molecule has 0 spiro atoms. The zero-order chi connectivity index (χ0) is 15.0. The molecule has 2 atom stereocenters. The number of nitrogens with zero attached hydrogens (tertiary/aromatic N) is 1. The van der Waals surface area contributed by atoms with Crippen LogP contribution in [0.5, 0.6) is 0 Å². The van der Waals surface area contributed by atoms with E-state index in [9.17, 15) is 13.6 Å². The maximum absolute atomic E-state index is 13.8. The molecule has 2 fully saturated rings. The summed E-state index contributed by atoms with van der Waals surface area (Å²) in [7, 11) is 0. The quantitative estimate of drug-likeness (QED) is 0.927. The molecule has 114 valence electrons. The zero-order valence-corrected chi connectivity index (χ0v) is 11.9. The second-order valence-corrected chi connectivity index (χ2v) is 6.13. The highest BCUT2D eigenvalue weighted by Gasteiger charge is 2.39. The van der Waals surface area contributed by atoms with Crippen LogP contribution in [0.15, 0.2) is 18.2 Å². The number of benzene rings is 1. The number of carbonyl (C=O) groups is 1. The van der Waals surface area contributed by atoms with E-state index in [2.05, 4.69) is 0 Å². The fourth-order valence-electron chi connectivity index (χ4n) is 3.11. The lowest BCUT2D eigenvalue weighted by molar-refractivity contribution is -0.137. The number of halogens is 2. The highest BCUT2D eigenvalue weighted by Crippen LogP contribution is 2.34. The maximum Gasteiger partial charge on any atom is 0.227 e. The predicted molar refractivity (Wildman–Crippen MR) is 75.2 cm³/mol. The number of hydrogen-bond acceptors (Lipinski definition) is 2. The van der Waals surface area contributed by atoms with Crippen molar-refractivity contribution in [1.29, 1.82) is 0 Å². The molecule has 3 rings (SSSR count). The van der Waals surface area contributed by atoms with Crippen LogP contribution in [-0.2, 0) is 11.3 Å². The Morgan fingerprint density at radius 3 is 2.57 bits per heavy atom. The van der Waals surface area contributed by atoms with Crippen molar-refractivity contribution in [2.75, 3.05) is 0 Å². The first kappa shape index (κ1) is 14.4. The first-order valence-electron chi connectivity index (χ1n) is 7.56. The van der Waals surface area contributed by atoms with E-state index in [1.807, 2.05) is 0 Å². The minimum atomic E-state index is -0.599. The van der Waals surface area contributed by atoms with Gasteiger partial charge in [0.25, 0.3) is 0 Å². The van der Waals surface area contributed by atoms with E-state index in [-0.39, 0.29) is 30.5 Å². The molecule has 2 N–H and O–H groups in total. The van der Waals surface area contributed by atoms with Crippen LogP contribution in [-0.4, -0.2) is 22.9 Å². The molecule has 1 aromatic carbocycles. The summed E-state index contributed by atoms with van der Waals surface area (Å²) in [5, 5.41) is 0. The van der Waals surface area contributed by atoms with E-state index in [0.717, 1.165) is 38.2 Å². The highest BCUT2D eigenvalue weighted by molar-refractivity contribution is 5.80. The average Bonchev–Trinajstić information content (AvgIpc) is 3.19. The molecule has 2 aliphatic carbocycles. The molecule has 0 saturated heterocycles. The van der Waals surface area contributed by atoms with Gasteiger partial charge in [0.1, 0.15) is 11.6 Å². The molecule has 21 heavy (non-hydrogen) atoms. The lowest BCUT2D eigenvalue weighted by Crippen LogP contribution is -2.42. The van der Waals surface area contributed by atoms with Crippen molar-refractivity contribution in [2.24, 2.45) is 11.7 Å². The molecule has 0 bridgehead atoms. The van der Waals surface area contributed by atoms with Gasteiger partial charge in [0.05, 0.1) is 5.92 Å². The molecule has 0 heterocycles. The van der Waals surface area contributed by atoms with E-state index in [1.54, 1.807) is 4.90 Å². The molecule has 2 unspecified atom stereocenters. The number of nitrogens with two attached hydrogens (primary N) is 1. The number of rotatable bonds is 4. The first-order chi connectivity index (χ1) is 10.1. The largest absolute Gasteiger partial charge is 0.335 e. The second-order valence-electron chi connectivity index (χ2n) is 6.13. The maximum atomic E-state index is 13.8. The summed E-state index contributed by atoms with van der Waals surface area (Å²) in [5.74, 6) is -1.30. The van der Waals surface area contributed by atoms with Crippen LogP contribution >= 0.6 is 0 Å². The van der Waals surface area contributed by atoms with E-state index < -0.39 is 11.6 Å². The van der Waals surface area contributed by atoms with Crippen molar-refractivity contribution >= 4 is 5.91 Å². The summed E-state index contributed by atoms with van der Waals surface area (Å²) in [5.41, 5.74) is 6.37. The fraction of sp³-hybridized carbons (Fsp3) is 0.562. The molecule has 0 radical (unpaired) electrons. The van der Waals surface area contributed by atoms with Gasteiger partial charge >= 0.3 is 0 Å². The van der Waals surface area contributed by atoms with Crippen molar-refractivity contribution in [1.82, 2.24) is 4.90 Å². The highest BCUT2D eigenvalue weighted by atomic mass is 19.1. The Kier molecular flexibility index (Phi) is 3.93. The van der Waals surface area contributed by atoms with E-state index in [0.29, 0.717) is 5.56 Å². The van der Waals surface area contributed by atoms with Crippen LogP contribution in [0, 0.1) is 17.6 Å². The van der Waals surface area contributed by atoms with Crippen molar-refractivity contribution in [2.45, 2.75) is 50.7 Å². The minimum Gasteiger partial charge on any atom is -0.335 e. The van der Waals surface area contributed by atoms with Crippen LogP contribution in [0.25, 0.3) is 0 Å². The SMILES string of the molecule is NC1CCCC1C(=O)N(Cc1ccc(F)cc1F)C1CC1. The summed E-state index contributed by atoms with van der Waals surface area (Å²) in [6.07, 6.45) is 4.57. The van der Waals surface area contributed by atoms with Crippen molar-refractivity contribution in [3.8, 4) is 0 Å². The van der Waals surface area contributed by atoms with Gasteiger partial charge in [0.15, 0.2) is 0 Å². The minimum absolute atomic E-state index is 0.0335. The Bertz CT molecular complexity index is 545. The molecule has 0 aliphatic heterocycles. The Morgan fingerprint density at radius 1 is 1.24 bits per heavy atom. The predicted octanol–water partition coefficient (Wildman–Crippen LogP) is 2.58. The summed E-state index contributed by atoms with van der Waals surface area (Å²) >= 11 is 0. The average molecular weight is 294 g/mol. The van der Waals surface area contributed by atoms with Gasteiger partial charge in [-0.25, -0.2) is 8.78 Å². The van der Waals surface area contributed by atoms with Gasteiger partial charge in [0, 0.05) is 30.3 Å². The molecular formula is C16H20F2N2O. The van der Waals surface area contributed by atoms with Crippen LogP contribution in [0.4, 0.5) is 8.78 Å². The Balaban J connectivity index is 1.77. The normalized spacial score (nSPS) is 25.1. The fourth-order valence-corrected chi connectivity index (χ4v) is 3.11. The third-order valence-electron chi connectivity index (χ3n) is 4.51. The lowest BCUT2D eigenvalue weighted by atomic mass is 10.0. The van der Waals surface area contributed by atoms with Gasteiger partial charge in [-0.15, -0.1) is 0 Å². The Labute approximate surface area is 123 Å². The summed E-state index contributed by atoms with van der Waals surface area (Å²) in [6.45, 7) is 0.207. The number of hydrogen-bond donors (Lipinski definition) is 1. The number of amides is 1. The van der Waals surface area contributed by atoms with Gasteiger partial charge in [-0.2, -0.15) is 0 Å². The van der Waals surface area contributed by atoms with Crippen LogP contribution in [0.3, 0.4) is 0 Å². The van der Waals surface area contributed by atoms with Crippen LogP contribution in [0.1, 0.15) is 37.7 Å². The molecule has 1 amide bonds. The molecule has 5 heteroatoms. The smallest absolute Gasteiger partial charge is 0.227 e. The zero-order valence-electron chi connectivity index (χ0n) is 11.9. The second kappa shape index (κ2) is 5.72. The topological polar surface area (TPSA) is 46.3 Å². The third kappa shape index (κ3) is 3.07. The molecule has 0 aromatic heterocycles. The molecule has 3 nitrogen and oxygen atoms in total. The van der Waals surface area contributed by atoms with E-state index >= 15 is 0 Å². The van der Waals surface area contributed by atoms with Crippen molar-refractivity contribution in [3.05, 3.63) is 35.4 Å². The van der Waals surface area contributed by atoms with E-state index in [1.165, 1.54) is 12.1 Å². The monoisotopic (exact) mass is 294 g/mol. The summed E-state index contributed by atoms with van der Waals surface area (Å²) in [4.78, 5) is 14.4. The van der Waals surface area contributed by atoms with Crippen LogP contribution in [0.2, 0.25) is 0 Å².